The van der Waals surface area contributed by atoms with Crippen LogP contribution in [-0.4, -0.2) is 10.9 Å². The van der Waals surface area contributed by atoms with Gasteiger partial charge in [-0.3, -0.25) is 4.79 Å². The number of nitrogens with two attached hydrogens (primary N) is 1. The van der Waals surface area contributed by atoms with Crippen LogP contribution in [0.4, 0.5) is 11.4 Å². The van der Waals surface area contributed by atoms with E-state index in [2.05, 4.69) is 36.2 Å². The van der Waals surface area contributed by atoms with E-state index in [9.17, 15) is 4.79 Å². The molecular formula is C31H25N3O. The highest BCUT2D eigenvalue weighted by Crippen LogP contribution is 2.44. The smallest absolute Gasteiger partial charge is 0.260 e. The van der Waals surface area contributed by atoms with E-state index in [-0.39, 0.29) is 5.91 Å². The number of fused-ring (bicyclic) bond motifs is 2. The summed E-state index contributed by atoms with van der Waals surface area (Å²) >= 11 is 0. The predicted molar refractivity (Wildman–Crippen MR) is 144 cm³/mol. The van der Waals surface area contributed by atoms with Crippen LogP contribution in [-0.2, 0) is 11.3 Å². The summed E-state index contributed by atoms with van der Waals surface area (Å²) in [7, 11) is 0. The lowest BCUT2D eigenvalue weighted by Crippen LogP contribution is -2.26. The Morgan fingerprint density at radius 3 is 2.40 bits per heavy atom. The van der Waals surface area contributed by atoms with Crippen molar-refractivity contribution in [3.05, 3.63) is 131 Å². The molecule has 0 atom stereocenters. The molecule has 4 heteroatoms. The number of anilines is 2. The first-order chi connectivity index (χ1) is 17.1. The second-order valence-corrected chi connectivity index (χ2v) is 8.94. The molecule has 0 saturated heterocycles. The van der Waals surface area contributed by atoms with Gasteiger partial charge in [-0.05, 0) is 42.3 Å². The Labute approximate surface area is 204 Å². The molecule has 0 unspecified atom stereocenters. The summed E-state index contributed by atoms with van der Waals surface area (Å²) in [6.45, 7) is 2.59. The third-order valence-electron chi connectivity index (χ3n) is 6.79. The fourth-order valence-electron chi connectivity index (χ4n) is 4.98. The van der Waals surface area contributed by atoms with Crippen molar-refractivity contribution in [1.82, 2.24) is 4.98 Å². The molecule has 1 aliphatic heterocycles. The van der Waals surface area contributed by atoms with Gasteiger partial charge in [0.1, 0.15) is 0 Å². The normalized spacial score (nSPS) is 14.4. The van der Waals surface area contributed by atoms with Gasteiger partial charge in [0.05, 0.1) is 17.8 Å². The number of aromatic nitrogens is 1. The molecule has 4 aromatic carbocycles. The molecule has 4 nitrogen and oxygen atoms in total. The molecule has 1 aromatic heterocycles. The Bertz CT molecular complexity index is 1590. The minimum atomic E-state index is -0.0219. The lowest BCUT2D eigenvalue weighted by Gasteiger charge is -2.19. The number of nitrogens with zero attached hydrogens (tertiary/aromatic N) is 1. The maximum absolute atomic E-state index is 14.2. The number of aromatic amines is 1. The first-order valence-electron chi connectivity index (χ1n) is 11.7. The highest BCUT2D eigenvalue weighted by Gasteiger charge is 2.36. The zero-order valence-corrected chi connectivity index (χ0v) is 19.5. The fraction of sp³-hybridized carbons (Fsp3) is 0.0645. The minimum Gasteiger partial charge on any atom is -0.398 e. The van der Waals surface area contributed by atoms with Gasteiger partial charge < -0.3 is 15.6 Å². The Morgan fingerprint density at radius 1 is 0.857 bits per heavy atom. The van der Waals surface area contributed by atoms with Gasteiger partial charge in [-0.25, -0.2) is 0 Å². The zero-order valence-electron chi connectivity index (χ0n) is 19.5. The van der Waals surface area contributed by atoms with Gasteiger partial charge in [0, 0.05) is 39.0 Å². The minimum absolute atomic E-state index is 0.0219. The van der Waals surface area contributed by atoms with E-state index in [0.29, 0.717) is 17.8 Å². The number of H-pyrrole nitrogens is 1. The van der Waals surface area contributed by atoms with E-state index in [1.54, 1.807) is 0 Å². The molecule has 1 aliphatic rings. The number of carbonyl (C=O) groups excluding carboxylic acids is 1. The molecule has 3 N–H and O–H groups in total. The number of carbonyl (C=O) groups is 1. The Morgan fingerprint density at radius 2 is 1.57 bits per heavy atom. The summed E-state index contributed by atoms with van der Waals surface area (Å²) in [5.74, 6) is -0.0219. The number of benzene rings is 4. The SMILES string of the molecule is Cc1ccccc1CN1C(=O)/C(=C(\c2cc3ccccc3[nH]2)c2ccccc2N)c2ccccc21. The van der Waals surface area contributed by atoms with Crippen LogP contribution in [0.1, 0.15) is 27.9 Å². The molecule has 0 spiro atoms. The monoisotopic (exact) mass is 455 g/mol. The summed E-state index contributed by atoms with van der Waals surface area (Å²) in [6, 6.07) is 34.2. The van der Waals surface area contributed by atoms with Crippen LogP contribution in [0.15, 0.2) is 103 Å². The largest absolute Gasteiger partial charge is 0.398 e. The van der Waals surface area contributed by atoms with Gasteiger partial charge in [0.25, 0.3) is 5.91 Å². The molecule has 6 rings (SSSR count). The molecular weight excluding hydrogens is 430 g/mol. The molecule has 2 heterocycles. The Hall–Kier alpha value is -4.57. The van der Waals surface area contributed by atoms with Crippen molar-refractivity contribution in [3.63, 3.8) is 0 Å². The average molecular weight is 456 g/mol. The van der Waals surface area contributed by atoms with Crippen LogP contribution in [0.25, 0.3) is 22.0 Å². The van der Waals surface area contributed by atoms with Crippen molar-refractivity contribution in [2.75, 3.05) is 10.6 Å². The van der Waals surface area contributed by atoms with Gasteiger partial charge in [0.2, 0.25) is 0 Å². The van der Waals surface area contributed by atoms with Crippen molar-refractivity contribution in [2.24, 2.45) is 0 Å². The van der Waals surface area contributed by atoms with Crippen molar-refractivity contribution >= 4 is 39.3 Å². The summed E-state index contributed by atoms with van der Waals surface area (Å²) in [6.07, 6.45) is 0. The van der Waals surface area contributed by atoms with E-state index in [1.165, 1.54) is 5.56 Å². The summed E-state index contributed by atoms with van der Waals surface area (Å²) in [5, 5.41) is 1.09. The van der Waals surface area contributed by atoms with Crippen LogP contribution in [0.2, 0.25) is 0 Å². The van der Waals surface area contributed by atoms with Gasteiger partial charge in [-0.15, -0.1) is 0 Å². The lowest BCUT2D eigenvalue weighted by molar-refractivity contribution is -0.113. The molecule has 0 bridgehead atoms. The number of hydrogen-bond donors (Lipinski definition) is 2. The Balaban J connectivity index is 1.62. The second kappa shape index (κ2) is 8.33. The van der Waals surface area contributed by atoms with E-state index < -0.39 is 0 Å². The fourth-order valence-corrected chi connectivity index (χ4v) is 4.98. The van der Waals surface area contributed by atoms with E-state index in [4.69, 9.17) is 5.73 Å². The average Bonchev–Trinajstić information content (AvgIpc) is 3.42. The molecule has 35 heavy (non-hydrogen) atoms. The van der Waals surface area contributed by atoms with E-state index in [0.717, 1.165) is 44.5 Å². The first kappa shape index (κ1) is 21.0. The number of nitrogens with one attached hydrogen (secondary N) is 1. The maximum Gasteiger partial charge on any atom is 0.260 e. The number of amides is 1. The van der Waals surface area contributed by atoms with Crippen LogP contribution in [0, 0.1) is 6.92 Å². The highest BCUT2D eigenvalue weighted by molar-refractivity contribution is 6.39. The van der Waals surface area contributed by atoms with Gasteiger partial charge in [0.15, 0.2) is 0 Å². The third kappa shape index (κ3) is 3.51. The van der Waals surface area contributed by atoms with Crippen molar-refractivity contribution in [3.8, 4) is 0 Å². The summed E-state index contributed by atoms with van der Waals surface area (Å²) in [5.41, 5.74) is 15.5. The molecule has 5 aromatic rings. The van der Waals surface area contributed by atoms with E-state index >= 15 is 0 Å². The predicted octanol–water partition coefficient (Wildman–Crippen LogP) is 6.56. The molecule has 1 amide bonds. The van der Waals surface area contributed by atoms with Gasteiger partial charge in [-0.2, -0.15) is 0 Å². The van der Waals surface area contributed by atoms with Crippen LogP contribution < -0.4 is 10.6 Å². The zero-order chi connectivity index (χ0) is 23.9. The van der Waals surface area contributed by atoms with Crippen molar-refractivity contribution < 1.29 is 4.79 Å². The quantitative estimate of drug-likeness (QED) is 0.238. The van der Waals surface area contributed by atoms with Crippen LogP contribution in [0.3, 0.4) is 0 Å². The molecule has 170 valence electrons. The maximum atomic E-state index is 14.2. The second-order valence-electron chi connectivity index (χ2n) is 8.94. The number of rotatable bonds is 4. The number of hydrogen-bond acceptors (Lipinski definition) is 2. The van der Waals surface area contributed by atoms with E-state index in [1.807, 2.05) is 83.8 Å². The number of para-hydroxylation sites is 3. The van der Waals surface area contributed by atoms with Crippen molar-refractivity contribution in [2.45, 2.75) is 13.5 Å². The number of aryl methyl sites for hydroxylation is 1. The molecule has 0 saturated carbocycles. The number of nitrogen functional groups attached to an aromatic ring is 1. The standard InChI is InChI=1S/C31H25N3O/c1-20-10-2-3-12-22(20)19-34-28-17-9-6-14-24(28)30(31(34)35)29(23-13-5-7-15-25(23)32)27-18-21-11-4-8-16-26(21)33-27/h2-18,33H,19,32H2,1H3/b30-29-. The van der Waals surface area contributed by atoms with Crippen LogP contribution in [0.5, 0.6) is 0 Å². The molecule has 0 aliphatic carbocycles. The first-order valence-corrected chi connectivity index (χ1v) is 11.7. The van der Waals surface area contributed by atoms with Crippen molar-refractivity contribution in [1.29, 1.82) is 0 Å². The van der Waals surface area contributed by atoms with Crippen LogP contribution >= 0.6 is 0 Å². The molecule has 0 radical (unpaired) electrons. The lowest BCUT2D eigenvalue weighted by atomic mass is 9.92. The highest BCUT2D eigenvalue weighted by atomic mass is 16.2. The topological polar surface area (TPSA) is 62.1 Å². The van der Waals surface area contributed by atoms with Gasteiger partial charge in [-0.1, -0.05) is 78.9 Å². The summed E-state index contributed by atoms with van der Waals surface area (Å²) in [4.78, 5) is 19.6. The third-order valence-corrected chi connectivity index (χ3v) is 6.79. The summed E-state index contributed by atoms with van der Waals surface area (Å²) < 4.78 is 0. The Kier molecular flexibility index (Phi) is 5.00. The molecule has 0 fully saturated rings. The van der Waals surface area contributed by atoms with Gasteiger partial charge >= 0.3 is 0 Å².